The Morgan fingerprint density at radius 1 is 1.10 bits per heavy atom. The van der Waals surface area contributed by atoms with Gasteiger partial charge in [-0.25, -0.2) is 0 Å². The van der Waals surface area contributed by atoms with Crippen molar-refractivity contribution >= 4 is 17.5 Å². The molecule has 0 spiro atoms. The van der Waals surface area contributed by atoms with E-state index in [0.717, 1.165) is 32.1 Å². The summed E-state index contributed by atoms with van der Waals surface area (Å²) in [4.78, 5) is 23.8. The highest BCUT2D eigenvalue weighted by Gasteiger charge is 2.26. The molecule has 0 aromatic heterocycles. The van der Waals surface area contributed by atoms with Gasteiger partial charge in [-0.2, -0.15) is 0 Å². The van der Waals surface area contributed by atoms with E-state index in [1.54, 1.807) is 31.3 Å². The molecule has 2 amide bonds. The zero-order valence-corrected chi connectivity index (χ0v) is 12.4. The van der Waals surface area contributed by atoms with Crippen LogP contribution in [0, 0.1) is 5.92 Å². The van der Waals surface area contributed by atoms with Gasteiger partial charge in [-0.1, -0.05) is 19.3 Å². The lowest BCUT2D eigenvalue weighted by Crippen LogP contribution is -2.37. The molecule has 5 heteroatoms. The first-order valence-electron chi connectivity index (χ1n) is 7.50. The number of nitrogens with one attached hydrogen (secondary N) is 2. The van der Waals surface area contributed by atoms with Crippen molar-refractivity contribution in [2.24, 2.45) is 11.7 Å². The Hall–Kier alpha value is -1.88. The van der Waals surface area contributed by atoms with Gasteiger partial charge in [-0.15, -0.1) is 0 Å². The lowest BCUT2D eigenvalue weighted by molar-refractivity contribution is -0.120. The highest BCUT2D eigenvalue weighted by molar-refractivity contribution is 5.96. The number of amides is 2. The Morgan fingerprint density at radius 2 is 1.76 bits per heavy atom. The minimum atomic E-state index is -0.140. The molecule has 1 aliphatic rings. The largest absolute Gasteiger partial charge is 0.355 e. The smallest absolute Gasteiger partial charge is 0.251 e. The average molecular weight is 289 g/mol. The molecule has 21 heavy (non-hydrogen) atoms. The number of anilines is 1. The number of carbonyl (C=O) groups is 2. The lowest BCUT2D eigenvalue weighted by atomic mass is 9.94. The molecule has 114 valence electrons. The Balaban J connectivity index is 2.00. The minimum absolute atomic E-state index is 0.0166. The Labute approximate surface area is 125 Å². The van der Waals surface area contributed by atoms with Gasteiger partial charge >= 0.3 is 0 Å². The van der Waals surface area contributed by atoms with E-state index in [0.29, 0.717) is 11.3 Å². The monoisotopic (exact) mass is 289 g/mol. The Morgan fingerprint density at radius 3 is 2.43 bits per heavy atom. The first-order chi connectivity index (χ1) is 10.1. The van der Waals surface area contributed by atoms with Crippen molar-refractivity contribution in [2.45, 2.75) is 38.1 Å². The number of benzene rings is 1. The molecule has 0 saturated heterocycles. The van der Waals surface area contributed by atoms with Crippen LogP contribution in [0.1, 0.15) is 42.5 Å². The van der Waals surface area contributed by atoms with Crippen LogP contribution in [-0.4, -0.2) is 24.9 Å². The van der Waals surface area contributed by atoms with Crippen molar-refractivity contribution in [3.63, 3.8) is 0 Å². The van der Waals surface area contributed by atoms with Gasteiger partial charge in [0.25, 0.3) is 5.91 Å². The van der Waals surface area contributed by atoms with Gasteiger partial charge in [0, 0.05) is 24.3 Å². The van der Waals surface area contributed by atoms with Crippen LogP contribution < -0.4 is 16.4 Å². The average Bonchev–Trinajstić information content (AvgIpc) is 2.71. The van der Waals surface area contributed by atoms with E-state index >= 15 is 0 Å². The quantitative estimate of drug-likeness (QED) is 0.743. The van der Waals surface area contributed by atoms with E-state index in [2.05, 4.69) is 10.6 Å². The summed E-state index contributed by atoms with van der Waals surface area (Å²) >= 11 is 0. The fourth-order valence-electron chi connectivity index (χ4n) is 2.75. The van der Waals surface area contributed by atoms with Gasteiger partial charge in [0.1, 0.15) is 0 Å². The third-order valence-electron chi connectivity index (χ3n) is 4.05. The van der Waals surface area contributed by atoms with E-state index in [4.69, 9.17) is 5.73 Å². The first-order valence-corrected chi connectivity index (χ1v) is 7.50. The van der Waals surface area contributed by atoms with E-state index in [1.165, 1.54) is 0 Å². The molecule has 0 radical (unpaired) electrons. The molecular weight excluding hydrogens is 266 g/mol. The molecule has 0 heterocycles. The summed E-state index contributed by atoms with van der Waals surface area (Å²) in [5.41, 5.74) is 7.37. The second-order valence-electron chi connectivity index (χ2n) is 5.55. The molecule has 2 unspecified atom stereocenters. The highest BCUT2D eigenvalue weighted by atomic mass is 16.2. The van der Waals surface area contributed by atoms with Crippen molar-refractivity contribution < 1.29 is 9.59 Å². The van der Waals surface area contributed by atoms with Crippen LogP contribution in [0.2, 0.25) is 0 Å². The summed E-state index contributed by atoms with van der Waals surface area (Å²) in [6, 6.07) is 6.82. The third-order valence-corrected chi connectivity index (χ3v) is 4.05. The maximum absolute atomic E-state index is 12.3. The molecule has 1 saturated carbocycles. The maximum atomic E-state index is 12.3. The SMILES string of the molecule is CNC(=O)c1ccc(NC(=O)C2CCCCCC2N)cc1. The second kappa shape index (κ2) is 7.22. The van der Waals surface area contributed by atoms with E-state index in [1.807, 2.05) is 0 Å². The molecule has 2 rings (SSSR count). The molecule has 4 N–H and O–H groups in total. The van der Waals surface area contributed by atoms with Gasteiger partial charge in [-0.05, 0) is 37.1 Å². The van der Waals surface area contributed by atoms with E-state index in [-0.39, 0.29) is 23.8 Å². The topological polar surface area (TPSA) is 84.2 Å². The van der Waals surface area contributed by atoms with Crippen molar-refractivity contribution in [2.75, 3.05) is 12.4 Å². The fourth-order valence-corrected chi connectivity index (χ4v) is 2.75. The minimum Gasteiger partial charge on any atom is -0.355 e. The molecule has 0 bridgehead atoms. The number of carbonyl (C=O) groups excluding carboxylic acids is 2. The molecule has 2 atom stereocenters. The van der Waals surface area contributed by atoms with Crippen molar-refractivity contribution in [1.82, 2.24) is 5.32 Å². The van der Waals surface area contributed by atoms with Crippen LogP contribution >= 0.6 is 0 Å². The summed E-state index contributed by atoms with van der Waals surface area (Å²) in [6.07, 6.45) is 5.07. The fraction of sp³-hybridized carbons (Fsp3) is 0.500. The van der Waals surface area contributed by atoms with Crippen molar-refractivity contribution in [3.05, 3.63) is 29.8 Å². The van der Waals surface area contributed by atoms with Crippen LogP contribution in [0.5, 0.6) is 0 Å². The predicted octanol–water partition coefficient (Wildman–Crippen LogP) is 1.89. The van der Waals surface area contributed by atoms with Gasteiger partial charge in [0.2, 0.25) is 5.91 Å². The Kier molecular flexibility index (Phi) is 5.33. The summed E-state index contributed by atoms with van der Waals surface area (Å²) in [7, 11) is 1.59. The number of nitrogens with two attached hydrogens (primary N) is 1. The van der Waals surface area contributed by atoms with Crippen LogP contribution in [0.25, 0.3) is 0 Å². The summed E-state index contributed by atoms with van der Waals surface area (Å²) in [5.74, 6) is -0.276. The van der Waals surface area contributed by atoms with Crippen LogP contribution in [0.3, 0.4) is 0 Å². The van der Waals surface area contributed by atoms with Crippen LogP contribution in [-0.2, 0) is 4.79 Å². The van der Waals surface area contributed by atoms with Crippen molar-refractivity contribution in [1.29, 1.82) is 0 Å². The predicted molar refractivity (Wildman–Crippen MR) is 83.0 cm³/mol. The van der Waals surface area contributed by atoms with Crippen LogP contribution in [0.15, 0.2) is 24.3 Å². The van der Waals surface area contributed by atoms with E-state index in [9.17, 15) is 9.59 Å². The molecule has 1 aliphatic carbocycles. The molecule has 1 aromatic carbocycles. The zero-order valence-electron chi connectivity index (χ0n) is 12.4. The van der Waals surface area contributed by atoms with Crippen LogP contribution in [0.4, 0.5) is 5.69 Å². The highest BCUT2D eigenvalue weighted by Crippen LogP contribution is 2.23. The normalized spacial score (nSPS) is 22.2. The maximum Gasteiger partial charge on any atom is 0.251 e. The third kappa shape index (κ3) is 4.04. The van der Waals surface area contributed by atoms with Gasteiger partial charge in [0.05, 0.1) is 5.92 Å². The molecule has 5 nitrogen and oxygen atoms in total. The Bertz CT molecular complexity index is 499. The van der Waals surface area contributed by atoms with Gasteiger partial charge < -0.3 is 16.4 Å². The first kappa shape index (κ1) is 15.5. The van der Waals surface area contributed by atoms with Crippen molar-refractivity contribution in [3.8, 4) is 0 Å². The molecule has 0 aliphatic heterocycles. The summed E-state index contributed by atoms with van der Waals surface area (Å²) in [6.45, 7) is 0. The summed E-state index contributed by atoms with van der Waals surface area (Å²) in [5, 5.41) is 5.47. The lowest BCUT2D eigenvalue weighted by Gasteiger charge is -2.20. The molecule has 1 fully saturated rings. The molecule has 1 aromatic rings. The number of hydrogen-bond donors (Lipinski definition) is 3. The zero-order chi connectivity index (χ0) is 15.2. The second-order valence-corrected chi connectivity index (χ2v) is 5.55. The number of hydrogen-bond acceptors (Lipinski definition) is 3. The molecular formula is C16H23N3O2. The van der Waals surface area contributed by atoms with E-state index < -0.39 is 0 Å². The summed E-state index contributed by atoms with van der Waals surface area (Å²) < 4.78 is 0. The standard InChI is InChI=1S/C16H23N3O2/c1-18-15(20)11-7-9-12(10-8-11)19-16(21)13-5-3-2-4-6-14(13)17/h7-10,13-14H,2-6,17H2,1H3,(H,18,20)(H,19,21). The number of rotatable bonds is 3. The van der Waals surface area contributed by atoms with Gasteiger partial charge in [-0.3, -0.25) is 9.59 Å². The van der Waals surface area contributed by atoms with Gasteiger partial charge in [0.15, 0.2) is 0 Å².